The van der Waals surface area contributed by atoms with Gasteiger partial charge in [0, 0.05) is 31.4 Å². The summed E-state index contributed by atoms with van der Waals surface area (Å²) in [5.74, 6) is -0.143. The molecular weight excluding hydrogens is 307 g/mol. The van der Waals surface area contributed by atoms with Crippen molar-refractivity contribution < 1.29 is 17.9 Å². The maximum absolute atomic E-state index is 12.8. The average Bonchev–Trinajstić information content (AvgIpc) is 2.72. The van der Waals surface area contributed by atoms with E-state index in [0.717, 1.165) is 23.0 Å². The highest BCUT2D eigenvalue weighted by Crippen LogP contribution is 2.35. The van der Waals surface area contributed by atoms with Crippen molar-refractivity contribution in [3.63, 3.8) is 0 Å². The van der Waals surface area contributed by atoms with Gasteiger partial charge in [-0.2, -0.15) is 18.3 Å². The van der Waals surface area contributed by atoms with E-state index in [2.05, 4.69) is 10.4 Å². The summed E-state index contributed by atoms with van der Waals surface area (Å²) in [6, 6.07) is 5.23. The molecule has 4 nitrogen and oxygen atoms in total. The zero-order chi connectivity index (χ0) is 17.0. The summed E-state index contributed by atoms with van der Waals surface area (Å²) in [7, 11) is 1.88. The Hall–Kier alpha value is -2.02. The fourth-order valence-corrected chi connectivity index (χ4v) is 2.35. The van der Waals surface area contributed by atoms with E-state index in [9.17, 15) is 13.2 Å². The van der Waals surface area contributed by atoms with Gasteiger partial charge in [0.25, 0.3) is 0 Å². The van der Waals surface area contributed by atoms with E-state index in [1.807, 2.05) is 25.6 Å². The largest absolute Gasteiger partial charge is 0.492 e. The number of alkyl halides is 3. The molecule has 0 radical (unpaired) electrons. The van der Waals surface area contributed by atoms with Crippen LogP contribution < -0.4 is 10.1 Å². The lowest BCUT2D eigenvalue weighted by molar-refractivity contribution is -0.138. The molecule has 0 atom stereocenters. The van der Waals surface area contributed by atoms with Crippen molar-refractivity contribution >= 4 is 0 Å². The van der Waals surface area contributed by atoms with E-state index in [-0.39, 0.29) is 12.4 Å². The second kappa shape index (κ2) is 7.04. The summed E-state index contributed by atoms with van der Waals surface area (Å²) < 4.78 is 45.6. The maximum atomic E-state index is 12.8. The van der Waals surface area contributed by atoms with Crippen molar-refractivity contribution in [3.05, 3.63) is 46.8 Å². The Morgan fingerprint density at radius 2 is 1.91 bits per heavy atom. The molecule has 1 N–H and O–H groups in total. The van der Waals surface area contributed by atoms with Crippen LogP contribution in [0.5, 0.6) is 5.75 Å². The Kier molecular flexibility index (Phi) is 5.30. The Bertz CT molecular complexity index is 665. The van der Waals surface area contributed by atoms with E-state index < -0.39 is 11.7 Å². The topological polar surface area (TPSA) is 39.1 Å². The van der Waals surface area contributed by atoms with Gasteiger partial charge in [0.2, 0.25) is 0 Å². The monoisotopic (exact) mass is 327 g/mol. The minimum atomic E-state index is -4.41. The molecule has 126 valence electrons. The Morgan fingerprint density at radius 3 is 2.52 bits per heavy atom. The quantitative estimate of drug-likeness (QED) is 0.828. The number of halogens is 3. The second-order valence-corrected chi connectivity index (χ2v) is 5.29. The van der Waals surface area contributed by atoms with Crippen molar-refractivity contribution in [1.82, 2.24) is 15.1 Å². The summed E-state index contributed by atoms with van der Waals surface area (Å²) in [5, 5.41) is 7.48. The smallest absolute Gasteiger partial charge is 0.419 e. The van der Waals surface area contributed by atoms with Gasteiger partial charge in [-0.15, -0.1) is 0 Å². The maximum Gasteiger partial charge on any atom is 0.419 e. The highest BCUT2D eigenvalue weighted by Gasteiger charge is 2.33. The normalized spacial score (nSPS) is 11.7. The molecule has 0 unspecified atom stereocenters. The Labute approximate surface area is 133 Å². The Morgan fingerprint density at radius 1 is 1.22 bits per heavy atom. The molecule has 0 aliphatic heterocycles. The minimum absolute atomic E-state index is 0.143. The predicted molar refractivity (Wildman–Crippen MR) is 81.3 cm³/mol. The first-order chi connectivity index (χ1) is 10.8. The van der Waals surface area contributed by atoms with Crippen LogP contribution in [-0.2, 0) is 19.8 Å². The number of rotatable bonds is 6. The fourth-order valence-electron chi connectivity index (χ4n) is 2.35. The third-order valence-corrected chi connectivity index (χ3v) is 3.69. The molecule has 1 heterocycles. The molecule has 2 aromatic rings. The molecular formula is C16H20F3N3O. The molecule has 0 spiro atoms. The van der Waals surface area contributed by atoms with Crippen molar-refractivity contribution in [1.29, 1.82) is 0 Å². The van der Waals surface area contributed by atoms with Crippen LogP contribution in [0.1, 0.15) is 22.5 Å². The molecule has 7 heteroatoms. The van der Waals surface area contributed by atoms with Crippen molar-refractivity contribution in [3.8, 4) is 5.75 Å². The molecule has 0 fully saturated rings. The minimum Gasteiger partial charge on any atom is -0.492 e. The molecule has 1 aromatic heterocycles. The van der Waals surface area contributed by atoms with Crippen molar-refractivity contribution in [2.75, 3.05) is 13.2 Å². The highest BCUT2D eigenvalue weighted by atomic mass is 19.4. The van der Waals surface area contributed by atoms with Crippen LogP contribution in [0.25, 0.3) is 0 Å². The number of hydrogen-bond acceptors (Lipinski definition) is 3. The number of nitrogens with zero attached hydrogens (tertiary/aromatic N) is 2. The fraction of sp³-hybridized carbons (Fsp3) is 0.438. The van der Waals surface area contributed by atoms with E-state index in [4.69, 9.17) is 4.74 Å². The number of para-hydroxylation sites is 1. The van der Waals surface area contributed by atoms with Gasteiger partial charge in [-0.05, 0) is 26.0 Å². The molecule has 2 rings (SSSR count). The number of ether oxygens (including phenoxy) is 1. The molecule has 0 aliphatic carbocycles. The highest BCUT2D eigenvalue weighted by molar-refractivity contribution is 5.35. The van der Waals surface area contributed by atoms with Gasteiger partial charge in [0.05, 0.1) is 11.3 Å². The number of hydrogen-bond donors (Lipinski definition) is 1. The molecule has 0 aliphatic rings. The van der Waals surface area contributed by atoms with Gasteiger partial charge in [0.1, 0.15) is 12.4 Å². The van der Waals surface area contributed by atoms with E-state index in [1.165, 1.54) is 18.2 Å². The van der Waals surface area contributed by atoms with Gasteiger partial charge in [-0.3, -0.25) is 4.68 Å². The summed E-state index contributed by atoms with van der Waals surface area (Å²) in [6.07, 6.45) is -4.41. The predicted octanol–water partition coefficient (Wildman–Crippen LogP) is 3.22. The third-order valence-electron chi connectivity index (χ3n) is 3.69. The van der Waals surface area contributed by atoms with Crippen LogP contribution in [0.4, 0.5) is 13.2 Å². The number of aromatic nitrogens is 2. The van der Waals surface area contributed by atoms with Crippen LogP contribution in [0.3, 0.4) is 0 Å². The zero-order valence-electron chi connectivity index (χ0n) is 13.4. The van der Waals surface area contributed by atoms with E-state index >= 15 is 0 Å². The first-order valence-electron chi connectivity index (χ1n) is 7.29. The van der Waals surface area contributed by atoms with Crippen LogP contribution in [0.2, 0.25) is 0 Å². The standard InChI is InChI=1S/C16H20F3N3O/c1-11-13(12(2)22(3)21-11)10-20-8-9-23-15-7-5-4-6-14(15)16(17,18)19/h4-7,20H,8-10H2,1-3H3. The lowest BCUT2D eigenvalue weighted by Crippen LogP contribution is -2.22. The zero-order valence-corrected chi connectivity index (χ0v) is 13.4. The van der Waals surface area contributed by atoms with Gasteiger partial charge < -0.3 is 10.1 Å². The van der Waals surface area contributed by atoms with Crippen LogP contribution in [-0.4, -0.2) is 22.9 Å². The lowest BCUT2D eigenvalue weighted by Gasteiger charge is -2.14. The first kappa shape index (κ1) is 17.3. The van der Waals surface area contributed by atoms with Gasteiger partial charge >= 0.3 is 6.18 Å². The molecule has 0 saturated heterocycles. The summed E-state index contributed by atoms with van der Waals surface area (Å²) >= 11 is 0. The van der Waals surface area contributed by atoms with Gasteiger partial charge in [0.15, 0.2) is 0 Å². The molecule has 1 aromatic carbocycles. The van der Waals surface area contributed by atoms with Gasteiger partial charge in [-0.1, -0.05) is 12.1 Å². The molecule has 0 bridgehead atoms. The number of aryl methyl sites for hydroxylation is 2. The lowest BCUT2D eigenvalue weighted by atomic mass is 10.2. The number of nitrogens with one attached hydrogen (secondary N) is 1. The molecule has 23 heavy (non-hydrogen) atoms. The van der Waals surface area contributed by atoms with Crippen LogP contribution >= 0.6 is 0 Å². The van der Waals surface area contributed by atoms with Crippen molar-refractivity contribution in [2.45, 2.75) is 26.6 Å². The third kappa shape index (κ3) is 4.25. The summed E-state index contributed by atoms with van der Waals surface area (Å²) in [6.45, 7) is 5.12. The van der Waals surface area contributed by atoms with E-state index in [0.29, 0.717) is 13.1 Å². The molecule has 0 amide bonds. The number of benzene rings is 1. The van der Waals surface area contributed by atoms with Crippen LogP contribution in [0, 0.1) is 13.8 Å². The molecule has 0 saturated carbocycles. The summed E-state index contributed by atoms with van der Waals surface area (Å²) in [5.41, 5.74) is 2.36. The SMILES string of the molecule is Cc1nn(C)c(C)c1CNCCOc1ccccc1C(F)(F)F. The van der Waals surface area contributed by atoms with Crippen molar-refractivity contribution in [2.24, 2.45) is 7.05 Å². The van der Waals surface area contributed by atoms with Crippen LogP contribution in [0.15, 0.2) is 24.3 Å². The Balaban J connectivity index is 1.85. The average molecular weight is 327 g/mol. The van der Waals surface area contributed by atoms with Gasteiger partial charge in [-0.25, -0.2) is 0 Å². The second-order valence-electron chi connectivity index (χ2n) is 5.29. The summed E-state index contributed by atoms with van der Waals surface area (Å²) in [4.78, 5) is 0. The van der Waals surface area contributed by atoms with E-state index in [1.54, 1.807) is 0 Å². The first-order valence-corrected chi connectivity index (χ1v) is 7.29.